The van der Waals surface area contributed by atoms with Gasteiger partial charge in [-0.25, -0.2) is 8.42 Å². The minimum Gasteiger partial charge on any atom is -0.492 e. The minimum absolute atomic E-state index is 0.177. The maximum Gasteiger partial charge on any atom is 0.262 e. The van der Waals surface area contributed by atoms with Crippen molar-refractivity contribution < 1.29 is 22.7 Å². The molecule has 0 saturated carbocycles. The summed E-state index contributed by atoms with van der Waals surface area (Å²) in [5.74, 6) is 0.743. The molecule has 2 aromatic carbocycles. The molecule has 0 heterocycles. The van der Waals surface area contributed by atoms with Crippen molar-refractivity contribution in [3.63, 3.8) is 0 Å². The number of anilines is 2. The van der Waals surface area contributed by atoms with E-state index in [4.69, 9.17) is 9.47 Å². The molecule has 0 unspecified atom stereocenters. The second-order valence-corrected chi connectivity index (χ2v) is 7.59. The van der Waals surface area contributed by atoms with Gasteiger partial charge in [0.15, 0.2) is 6.61 Å². The zero-order valence-electron chi connectivity index (χ0n) is 15.6. The highest BCUT2D eigenvalue weighted by atomic mass is 32.2. The van der Waals surface area contributed by atoms with Crippen LogP contribution in [0.5, 0.6) is 11.5 Å². The van der Waals surface area contributed by atoms with E-state index >= 15 is 0 Å². The lowest BCUT2D eigenvalue weighted by Crippen LogP contribution is -2.29. The van der Waals surface area contributed by atoms with Crippen molar-refractivity contribution in [1.29, 1.82) is 0 Å². The third-order valence-electron chi connectivity index (χ3n) is 3.64. The van der Waals surface area contributed by atoms with E-state index in [0.717, 1.165) is 6.26 Å². The Balaban J connectivity index is 1.96. The topological polar surface area (TPSA) is 84.9 Å². The third-order valence-corrected chi connectivity index (χ3v) is 4.91. The first-order valence-electron chi connectivity index (χ1n) is 8.57. The lowest BCUT2D eigenvalue weighted by Gasteiger charge is -2.20. The molecule has 0 fully saturated rings. The highest BCUT2D eigenvalue weighted by molar-refractivity contribution is 7.92. The summed E-state index contributed by atoms with van der Waals surface area (Å²) in [5.41, 5.74) is 1.12. The van der Waals surface area contributed by atoms with Crippen molar-refractivity contribution in [2.45, 2.75) is 13.8 Å². The Kier molecular flexibility index (Phi) is 7.06. The molecule has 7 nitrogen and oxygen atoms in total. The average molecular weight is 392 g/mol. The summed E-state index contributed by atoms with van der Waals surface area (Å²) < 4.78 is 35.7. The van der Waals surface area contributed by atoms with Crippen LogP contribution in [-0.2, 0) is 14.8 Å². The SMILES string of the molecule is CCOc1ccccc1NC(=O)COc1ccc(N(CC)S(C)(=O)=O)cc1. The zero-order chi connectivity index (χ0) is 19.9. The standard InChI is InChI=1S/C19H24N2O5S/c1-4-21(27(3,23)24)15-10-12-16(13-11-15)26-14-19(22)20-17-8-6-7-9-18(17)25-5-2/h6-13H,4-5,14H2,1-3H3,(H,20,22). The molecule has 0 bridgehead atoms. The van der Waals surface area contributed by atoms with E-state index in [-0.39, 0.29) is 12.5 Å². The summed E-state index contributed by atoms with van der Waals surface area (Å²) in [4.78, 5) is 12.1. The van der Waals surface area contributed by atoms with Crippen LogP contribution in [0.15, 0.2) is 48.5 Å². The predicted octanol–water partition coefficient (Wildman–Crippen LogP) is 2.89. The Labute approximate surface area is 160 Å². The van der Waals surface area contributed by atoms with Gasteiger partial charge in [-0.3, -0.25) is 9.10 Å². The van der Waals surface area contributed by atoms with Gasteiger partial charge in [0, 0.05) is 6.54 Å². The predicted molar refractivity (Wildman–Crippen MR) is 106 cm³/mol. The van der Waals surface area contributed by atoms with Crippen LogP contribution in [0.1, 0.15) is 13.8 Å². The number of nitrogens with one attached hydrogen (secondary N) is 1. The van der Waals surface area contributed by atoms with Crippen molar-refractivity contribution in [2.75, 3.05) is 35.6 Å². The number of ether oxygens (including phenoxy) is 2. The van der Waals surface area contributed by atoms with Crippen molar-refractivity contribution in [3.05, 3.63) is 48.5 Å². The molecule has 0 atom stereocenters. The van der Waals surface area contributed by atoms with E-state index in [9.17, 15) is 13.2 Å². The Bertz CT molecular complexity index is 866. The molecule has 27 heavy (non-hydrogen) atoms. The van der Waals surface area contributed by atoms with Crippen LogP contribution < -0.4 is 19.1 Å². The van der Waals surface area contributed by atoms with Crippen LogP contribution in [0.2, 0.25) is 0 Å². The summed E-state index contributed by atoms with van der Waals surface area (Å²) in [6.45, 7) is 4.28. The number of benzene rings is 2. The number of hydrogen-bond acceptors (Lipinski definition) is 5. The van der Waals surface area contributed by atoms with E-state index in [0.29, 0.717) is 36.0 Å². The normalized spacial score (nSPS) is 10.9. The van der Waals surface area contributed by atoms with E-state index in [2.05, 4.69) is 5.32 Å². The highest BCUT2D eigenvalue weighted by Crippen LogP contribution is 2.24. The van der Waals surface area contributed by atoms with Gasteiger partial charge in [-0.2, -0.15) is 0 Å². The summed E-state index contributed by atoms with van der Waals surface area (Å²) in [7, 11) is -3.33. The maximum absolute atomic E-state index is 12.1. The van der Waals surface area contributed by atoms with Crippen LogP contribution in [0.3, 0.4) is 0 Å². The van der Waals surface area contributed by atoms with Gasteiger partial charge in [0.2, 0.25) is 10.0 Å². The molecule has 0 saturated heterocycles. The molecule has 0 radical (unpaired) electrons. The van der Waals surface area contributed by atoms with Crippen molar-refractivity contribution >= 4 is 27.3 Å². The van der Waals surface area contributed by atoms with E-state index in [1.54, 1.807) is 49.4 Å². The number of nitrogens with zero attached hydrogens (tertiary/aromatic N) is 1. The summed E-state index contributed by atoms with van der Waals surface area (Å²) in [6, 6.07) is 13.7. The van der Waals surface area contributed by atoms with E-state index in [1.165, 1.54) is 4.31 Å². The van der Waals surface area contributed by atoms with Crippen LogP contribution in [0.4, 0.5) is 11.4 Å². The molecular formula is C19H24N2O5S. The number of rotatable bonds is 9. The molecule has 1 amide bonds. The van der Waals surface area contributed by atoms with Crippen molar-refractivity contribution in [3.8, 4) is 11.5 Å². The summed E-state index contributed by atoms with van der Waals surface area (Å²) >= 11 is 0. The van der Waals surface area contributed by atoms with Gasteiger partial charge >= 0.3 is 0 Å². The number of carbonyl (C=O) groups excluding carboxylic acids is 1. The molecule has 0 spiro atoms. The highest BCUT2D eigenvalue weighted by Gasteiger charge is 2.15. The quantitative estimate of drug-likeness (QED) is 0.709. The maximum atomic E-state index is 12.1. The van der Waals surface area contributed by atoms with Crippen molar-refractivity contribution in [1.82, 2.24) is 0 Å². The molecule has 0 aliphatic heterocycles. The monoisotopic (exact) mass is 392 g/mol. The number of sulfonamides is 1. The van der Waals surface area contributed by atoms with Gasteiger partial charge in [-0.15, -0.1) is 0 Å². The van der Waals surface area contributed by atoms with Gasteiger partial charge in [0.25, 0.3) is 5.91 Å². The molecular weight excluding hydrogens is 368 g/mol. The molecule has 146 valence electrons. The first-order valence-corrected chi connectivity index (χ1v) is 10.4. The first kappa shape index (κ1) is 20.6. The van der Waals surface area contributed by atoms with Gasteiger partial charge in [-0.1, -0.05) is 12.1 Å². The number of amides is 1. The lowest BCUT2D eigenvalue weighted by molar-refractivity contribution is -0.118. The molecule has 0 aromatic heterocycles. The Morgan fingerprint density at radius 1 is 1.04 bits per heavy atom. The Hall–Kier alpha value is -2.74. The number of hydrogen-bond donors (Lipinski definition) is 1. The van der Waals surface area contributed by atoms with Gasteiger partial charge in [0.05, 0.1) is 24.2 Å². The number of para-hydroxylation sites is 2. The van der Waals surface area contributed by atoms with Crippen LogP contribution in [-0.4, -0.2) is 40.3 Å². The molecule has 0 aliphatic carbocycles. The zero-order valence-corrected chi connectivity index (χ0v) is 16.5. The fourth-order valence-corrected chi connectivity index (χ4v) is 3.48. The van der Waals surface area contributed by atoms with Gasteiger partial charge in [0.1, 0.15) is 11.5 Å². The Morgan fingerprint density at radius 2 is 1.70 bits per heavy atom. The summed E-state index contributed by atoms with van der Waals surface area (Å²) in [5, 5.41) is 2.75. The second kappa shape index (κ2) is 9.27. The minimum atomic E-state index is -3.33. The fourth-order valence-electron chi connectivity index (χ4n) is 2.50. The van der Waals surface area contributed by atoms with Crippen LogP contribution in [0, 0.1) is 0 Å². The molecule has 2 rings (SSSR count). The Morgan fingerprint density at radius 3 is 2.30 bits per heavy atom. The largest absolute Gasteiger partial charge is 0.492 e. The average Bonchev–Trinajstić information content (AvgIpc) is 2.62. The van der Waals surface area contributed by atoms with Crippen LogP contribution in [0.25, 0.3) is 0 Å². The van der Waals surface area contributed by atoms with Crippen LogP contribution >= 0.6 is 0 Å². The summed E-state index contributed by atoms with van der Waals surface area (Å²) in [6.07, 6.45) is 1.16. The number of carbonyl (C=O) groups is 1. The lowest BCUT2D eigenvalue weighted by atomic mass is 10.3. The van der Waals surface area contributed by atoms with Gasteiger partial charge < -0.3 is 14.8 Å². The third kappa shape index (κ3) is 5.89. The van der Waals surface area contributed by atoms with Crippen molar-refractivity contribution in [2.24, 2.45) is 0 Å². The van der Waals surface area contributed by atoms with E-state index < -0.39 is 10.0 Å². The molecule has 2 aromatic rings. The molecule has 8 heteroatoms. The second-order valence-electron chi connectivity index (χ2n) is 5.69. The fraction of sp³-hybridized carbons (Fsp3) is 0.316. The molecule has 0 aliphatic rings. The van der Waals surface area contributed by atoms with Gasteiger partial charge in [-0.05, 0) is 50.2 Å². The smallest absolute Gasteiger partial charge is 0.262 e. The first-order chi connectivity index (χ1) is 12.8. The molecule has 1 N–H and O–H groups in total. The van der Waals surface area contributed by atoms with E-state index in [1.807, 2.05) is 13.0 Å².